The summed E-state index contributed by atoms with van der Waals surface area (Å²) in [4.78, 5) is 4.38. The van der Waals surface area contributed by atoms with E-state index in [2.05, 4.69) is 24.8 Å². The Morgan fingerprint density at radius 1 is 1.45 bits per heavy atom. The lowest BCUT2D eigenvalue weighted by Crippen LogP contribution is -1.99. The molecule has 0 spiro atoms. The van der Waals surface area contributed by atoms with Crippen molar-refractivity contribution in [1.82, 2.24) is 0 Å². The van der Waals surface area contributed by atoms with Crippen molar-refractivity contribution in [2.45, 2.75) is 45.6 Å². The smallest absolute Gasteiger partial charge is 0.0490 e. The van der Waals surface area contributed by atoms with Gasteiger partial charge >= 0.3 is 0 Å². The SMILES string of the molecule is C#CCCC=NC(CC)CC. The van der Waals surface area contributed by atoms with Crippen LogP contribution in [0.1, 0.15) is 39.5 Å². The lowest BCUT2D eigenvalue weighted by Gasteiger charge is -2.03. The maximum Gasteiger partial charge on any atom is 0.0490 e. The average Bonchev–Trinajstić information content (AvgIpc) is 2.05. The molecule has 0 fully saturated rings. The van der Waals surface area contributed by atoms with E-state index in [9.17, 15) is 0 Å². The fraction of sp³-hybridized carbons (Fsp3) is 0.700. The van der Waals surface area contributed by atoms with Crippen LogP contribution in [0, 0.1) is 12.3 Å². The second-order valence-corrected chi connectivity index (χ2v) is 2.54. The number of aliphatic imine (C=N–C) groups is 1. The number of terminal acetylenes is 1. The van der Waals surface area contributed by atoms with Crippen LogP contribution in [-0.2, 0) is 0 Å². The Hall–Kier alpha value is -0.770. The molecule has 11 heavy (non-hydrogen) atoms. The topological polar surface area (TPSA) is 12.4 Å². The van der Waals surface area contributed by atoms with E-state index in [0.29, 0.717) is 6.04 Å². The molecule has 0 saturated carbocycles. The molecular formula is C10H17N. The van der Waals surface area contributed by atoms with Crippen molar-refractivity contribution in [3.8, 4) is 12.3 Å². The van der Waals surface area contributed by atoms with E-state index in [0.717, 1.165) is 25.7 Å². The lowest BCUT2D eigenvalue weighted by molar-refractivity contribution is 0.632. The molecule has 0 bridgehead atoms. The molecule has 0 rings (SSSR count). The third-order valence-corrected chi connectivity index (χ3v) is 1.68. The Kier molecular flexibility index (Phi) is 6.82. The highest BCUT2D eigenvalue weighted by Crippen LogP contribution is 2.01. The van der Waals surface area contributed by atoms with Crippen LogP contribution in [0.5, 0.6) is 0 Å². The summed E-state index contributed by atoms with van der Waals surface area (Å²) < 4.78 is 0. The number of hydrogen-bond acceptors (Lipinski definition) is 1. The standard InChI is InChI=1S/C10H17N/c1-4-7-8-9-11-10(5-2)6-3/h1,9-10H,5-8H2,2-3H3. The molecule has 0 radical (unpaired) electrons. The number of hydrogen-bond donors (Lipinski definition) is 0. The summed E-state index contributed by atoms with van der Waals surface area (Å²) in [7, 11) is 0. The molecular weight excluding hydrogens is 134 g/mol. The molecule has 0 aromatic rings. The zero-order valence-corrected chi connectivity index (χ0v) is 7.51. The quantitative estimate of drug-likeness (QED) is 0.325. The molecule has 0 aliphatic rings. The maximum absolute atomic E-state index is 5.10. The van der Waals surface area contributed by atoms with E-state index in [4.69, 9.17) is 6.42 Å². The Balaban J connectivity index is 3.46. The van der Waals surface area contributed by atoms with E-state index >= 15 is 0 Å². The van der Waals surface area contributed by atoms with Gasteiger partial charge in [-0.2, -0.15) is 0 Å². The molecule has 0 unspecified atom stereocenters. The molecule has 0 amide bonds. The third kappa shape index (κ3) is 5.66. The summed E-state index contributed by atoms with van der Waals surface area (Å²) in [6.07, 6.45) is 11.0. The molecule has 1 heteroatoms. The fourth-order valence-corrected chi connectivity index (χ4v) is 0.871. The Bertz CT molecular complexity index is 137. The number of nitrogens with zero attached hydrogens (tertiary/aromatic N) is 1. The summed E-state index contributed by atoms with van der Waals surface area (Å²) in [5.74, 6) is 2.59. The molecule has 0 N–H and O–H groups in total. The second-order valence-electron chi connectivity index (χ2n) is 2.54. The first-order valence-electron chi connectivity index (χ1n) is 4.30. The highest BCUT2D eigenvalue weighted by atomic mass is 14.8. The first kappa shape index (κ1) is 10.2. The summed E-state index contributed by atoms with van der Waals surface area (Å²) in [5, 5.41) is 0. The monoisotopic (exact) mass is 151 g/mol. The Labute approximate surface area is 69.9 Å². The van der Waals surface area contributed by atoms with Gasteiger partial charge in [-0.3, -0.25) is 4.99 Å². The molecule has 0 aliphatic heterocycles. The molecule has 0 atom stereocenters. The van der Waals surface area contributed by atoms with E-state index in [1.54, 1.807) is 0 Å². The molecule has 62 valence electrons. The highest BCUT2D eigenvalue weighted by Gasteiger charge is 1.95. The molecule has 0 aliphatic carbocycles. The maximum atomic E-state index is 5.10. The van der Waals surface area contributed by atoms with Crippen LogP contribution in [0.3, 0.4) is 0 Å². The van der Waals surface area contributed by atoms with E-state index in [1.807, 2.05) is 6.21 Å². The van der Waals surface area contributed by atoms with Crippen LogP contribution in [0.25, 0.3) is 0 Å². The van der Waals surface area contributed by atoms with Gasteiger partial charge in [0.15, 0.2) is 0 Å². The van der Waals surface area contributed by atoms with Crippen LogP contribution in [0.2, 0.25) is 0 Å². The minimum Gasteiger partial charge on any atom is -0.294 e. The van der Waals surface area contributed by atoms with Gasteiger partial charge in [0, 0.05) is 12.5 Å². The van der Waals surface area contributed by atoms with Gasteiger partial charge in [-0.1, -0.05) is 13.8 Å². The second kappa shape index (κ2) is 7.34. The van der Waals surface area contributed by atoms with Crippen molar-refractivity contribution in [3.63, 3.8) is 0 Å². The minimum absolute atomic E-state index is 0.507. The predicted molar refractivity (Wildman–Crippen MR) is 50.9 cm³/mol. The van der Waals surface area contributed by atoms with Crippen molar-refractivity contribution in [1.29, 1.82) is 0 Å². The average molecular weight is 151 g/mol. The summed E-state index contributed by atoms with van der Waals surface area (Å²) in [6, 6.07) is 0.507. The van der Waals surface area contributed by atoms with Gasteiger partial charge in [0.05, 0.1) is 0 Å². The van der Waals surface area contributed by atoms with Crippen molar-refractivity contribution in [2.24, 2.45) is 4.99 Å². The molecule has 0 heterocycles. The number of unbranched alkanes of at least 4 members (excludes halogenated alkanes) is 1. The Morgan fingerprint density at radius 3 is 2.55 bits per heavy atom. The summed E-state index contributed by atoms with van der Waals surface area (Å²) in [6.45, 7) is 4.32. The van der Waals surface area contributed by atoms with Gasteiger partial charge in [0.1, 0.15) is 0 Å². The number of rotatable bonds is 5. The highest BCUT2D eigenvalue weighted by molar-refractivity contribution is 5.57. The van der Waals surface area contributed by atoms with Crippen LogP contribution in [0.15, 0.2) is 4.99 Å². The van der Waals surface area contributed by atoms with Crippen LogP contribution >= 0.6 is 0 Å². The van der Waals surface area contributed by atoms with Crippen molar-refractivity contribution in [3.05, 3.63) is 0 Å². The first-order valence-corrected chi connectivity index (χ1v) is 4.30. The molecule has 0 aromatic heterocycles. The summed E-state index contributed by atoms with van der Waals surface area (Å²) in [5.41, 5.74) is 0. The van der Waals surface area contributed by atoms with E-state index in [-0.39, 0.29) is 0 Å². The third-order valence-electron chi connectivity index (χ3n) is 1.68. The normalized spacial score (nSPS) is 10.7. The Morgan fingerprint density at radius 2 is 2.09 bits per heavy atom. The zero-order chi connectivity index (χ0) is 8.53. The molecule has 1 nitrogen and oxygen atoms in total. The zero-order valence-electron chi connectivity index (χ0n) is 7.51. The van der Waals surface area contributed by atoms with Gasteiger partial charge < -0.3 is 0 Å². The van der Waals surface area contributed by atoms with Crippen LogP contribution in [0.4, 0.5) is 0 Å². The van der Waals surface area contributed by atoms with E-state index < -0.39 is 0 Å². The predicted octanol–water partition coefficient (Wildman–Crippen LogP) is 2.66. The van der Waals surface area contributed by atoms with Crippen molar-refractivity contribution >= 4 is 6.21 Å². The van der Waals surface area contributed by atoms with Crippen molar-refractivity contribution < 1.29 is 0 Å². The van der Waals surface area contributed by atoms with Gasteiger partial charge in [-0.05, 0) is 25.5 Å². The largest absolute Gasteiger partial charge is 0.294 e. The summed E-state index contributed by atoms with van der Waals surface area (Å²) >= 11 is 0. The lowest BCUT2D eigenvalue weighted by atomic mass is 10.2. The molecule has 0 saturated heterocycles. The minimum atomic E-state index is 0.507. The van der Waals surface area contributed by atoms with Gasteiger partial charge in [0.2, 0.25) is 0 Å². The van der Waals surface area contributed by atoms with Gasteiger partial charge in [0.25, 0.3) is 0 Å². The van der Waals surface area contributed by atoms with Gasteiger partial charge in [-0.15, -0.1) is 12.3 Å². The van der Waals surface area contributed by atoms with E-state index in [1.165, 1.54) is 0 Å². The van der Waals surface area contributed by atoms with Crippen LogP contribution in [-0.4, -0.2) is 12.3 Å². The fourth-order valence-electron chi connectivity index (χ4n) is 0.871. The van der Waals surface area contributed by atoms with Crippen LogP contribution < -0.4 is 0 Å². The van der Waals surface area contributed by atoms with Crippen molar-refractivity contribution in [2.75, 3.05) is 0 Å². The van der Waals surface area contributed by atoms with Gasteiger partial charge in [-0.25, -0.2) is 0 Å². The first-order chi connectivity index (χ1) is 5.35. The molecule has 0 aromatic carbocycles.